The van der Waals surface area contributed by atoms with Crippen molar-refractivity contribution in [2.24, 2.45) is 0 Å². The fraction of sp³-hybridized carbons (Fsp3) is 0.240. The van der Waals surface area contributed by atoms with Crippen molar-refractivity contribution in [1.29, 1.82) is 0 Å². The van der Waals surface area contributed by atoms with E-state index in [0.29, 0.717) is 17.1 Å². The van der Waals surface area contributed by atoms with Gasteiger partial charge in [-0.05, 0) is 42.7 Å². The first-order chi connectivity index (χ1) is 15.6. The highest BCUT2D eigenvalue weighted by molar-refractivity contribution is 7.92. The van der Waals surface area contributed by atoms with Crippen LogP contribution in [-0.4, -0.2) is 27.1 Å². The van der Waals surface area contributed by atoms with Crippen LogP contribution >= 0.6 is 23.2 Å². The molecule has 0 bridgehead atoms. The number of nitrogens with one attached hydrogen (secondary N) is 1. The molecule has 1 N–H and O–H groups in total. The molecule has 5 nitrogen and oxygen atoms in total. The van der Waals surface area contributed by atoms with E-state index in [-0.39, 0.29) is 29.9 Å². The van der Waals surface area contributed by atoms with Gasteiger partial charge < -0.3 is 5.32 Å². The van der Waals surface area contributed by atoms with E-state index in [4.69, 9.17) is 23.2 Å². The average molecular weight is 505 g/mol. The first kappa shape index (κ1) is 25.1. The predicted molar refractivity (Wildman–Crippen MR) is 135 cm³/mol. The maximum absolute atomic E-state index is 12.8. The third kappa shape index (κ3) is 6.97. The standard InChI is InChI=1S/C25H26Cl2N2O3S/c1-18-10-12-20(13-11-18)25(19-7-4-3-5-8-19)28-24(30)9-6-16-29(33(2,31)32)23-17-21(26)14-15-22(23)27/h3-5,7-8,10-15,17,25H,6,9,16H2,1-2H3,(H,28,30). The summed E-state index contributed by atoms with van der Waals surface area (Å²) in [6.45, 7) is 2.12. The van der Waals surface area contributed by atoms with Gasteiger partial charge in [0.25, 0.3) is 0 Å². The van der Waals surface area contributed by atoms with Gasteiger partial charge in [-0.2, -0.15) is 0 Å². The second-order valence-electron chi connectivity index (χ2n) is 7.86. The average Bonchev–Trinajstić information content (AvgIpc) is 2.77. The number of sulfonamides is 1. The Morgan fingerprint density at radius 2 is 1.61 bits per heavy atom. The van der Waals surface area contributed by atoms with Crippen molar-refractivity contribution in [2.75, 3.05) is 17.1 Å². The zero-order valence-corrected chi connectivity index (χ0v) is 20.8. The molecule has 3 aromatic carbocycles. The van der Waals surface area contributed by atoms with Crippen molar-refractivity contribution in [2.45, 2.75) is 25.8 Å². The van der Waals surface area contributed by atoms with Crippen LogP contribution in [0.3, 0.4) is 0 Å². The van der Waals surface area contributed by atoms with Crippen LogP contribution in [0.2, 0.25) is 10.0 Å². The SMILES string of the molecule is Cc1ccc(C(NC(=O)CCCN(c2cc(Cl)ccc2Cl)S(C)(=O)=O)c2ccccc2)cc1. The summed E-state index contributed by atoms with van der Waals surface area (Å²) in [5, 5.41) is 3.74. The topological polar surface area (TPSA) is 66.5 Å². The zero-order valence-electron chi connectivity index (χ0n) is 18.5. The van der Waals surface area contributed by atoms with Gasteiger partial charge >= 0.3 is 0 Å². The van der Waals surface area contributed by atoms with Crippen LogP contribution in [0.25, 0.3) is 0 Å². The van der Waals surface area contributed by atoms with Crippen molar-refractivity contribution < 1.29 is 13.2 Å². The van der Waals surface area contributed by atoms with Gasteiger partial charge in [0.2, 0.25) is 15.9 Å². The third-order valence-electron chi connectivity index (χ3n) is 5.19. The molecule has 0 saturated carbocycles. The van der Waals surface area contributed by atoms with E-state index in [1.54, 1.807) is 12.1 Å². The Morgan fingerprint density at radius 3 is 2.24 bits per heavy atom. The predicted octanol–water partition coefficient (Wildman–Crippen LogP) is 5.75. The Morgan fingerprint density at radius 1 is 0.970 bits per heavy atom. The van der Waals surface area contributed by atoms with Crippen LogP contribution in [0.5, 0.6) is 0 Å². The van der Waals surface area contributed by atoms with Crippen molar-refractivity contribution in [3.8, 4) is 0 Å². The van der Waals surface area contributed by atoms with Gasteiger partial charge in [-0.3, -0.25) is 9.10 Å². The second-order valence-corrected chi connectivity index (χ2v) is 10.6. The fourth-order valence-corrected chi connectivity index (χ4v) is 4.93. The second kappa shape index (κ2) is 11.1. The molecule has 1 unspecified atom stereocenters. The van der Waals surface area contributed by atoms with Crippen LogP contribution in [0.15, 0.2) is 72.8 Å². The molecule has 0 fully saturated rings. The number of nitrogens with zero attached hydrogens (tertiary/aromatic N) is 1. The summed E-state index contributed by atoms with van der Waals surface area (Å²) in [6.07, 6.45) is 1.57. The normalized spacial score (nSPS) is 12.2. The molecule has 8 heteroatoms. The minimum absolute atomic E-state index is 0.104. The monoisotopic (exact) mass is 504 g/mol. The molecule has 1 atom stereocenters. The van der Waals surface area contributed by atoms with Crippen molar-refractivity contribution in [3.05, 3.63) is 99.5 Å². The number of anilines is 1. The lowest BCUT2D eigenvalue weighted by molar-refractivity contribution is -0.121. The van der Waals surface area contributed by atoms with Crippen molar-refractivity contribution in [1.82, 2.24) is 5.32 Å². The first-order valence-corrected chi connectivity index (χ1v) is 13.1. The van der Waals surface area contributed by atoms with Gasteiger partial charge in [-0.1, -0.05) is 83.4 Å². The molecule has 0 aromatic heterocycles. The quantitative estimate of drug-likeness (QED) is 0.403. The highest BCUT2D eigenvalue weighted by Crippen LogP contribution is 2.31. The lowest BCUT2D eigenvalue weighted by Crippen LogP contribution is -2.33. The molecule has 0 spiro atoms. The Kier molecular flexibility index (Phi) is 8.40. The van der Waals surface area contributed by atoms with E-state index < -0.39 is 10.0 Å². The summed E-state index contributed by atoms with van der Waals surface area (Å²) >= 11 is 12.2. The number of amides is 1. The molecular formula is C25H26Cl2N2O3S. The summed E-state index contributed by atoms with van der Waals surface area (Å²) in [7, 11) is -3.61. The highest BCUT2D eigenvalue weighted by Gasteiger charge is 2.21. The molecular weight excluding hydrogens is 479 g/mol. The van der Waals surface area contributed by atoms with E-state index in [0.717, 1.165) is 22.9 Å². The number of hydrogen-bond acceptors (Lipinski definition) is 3. The number of hydrogen-bond donors (Lipinski definition) is 1. The smallest absolute Gasteiger partial charge is 0.232 e. The van der Waals surface area contributed by atoms with Crippen molar-refractivity contribution >= 4 is 44.8 Å². The summed E-state index contributed by atoms with van der Waals surface area (Å²) in [6, 6.07) is 22.1. The molecule has 0 aliphatic heterocycles. The zero-order chi connectivity index (χ0) is 24.0. The minimum Gasteiger partial charge on any atom is -0.345 e. The van der Waals surface area contributed by atoms with E-state index in [1.165, 1.54) is 10.4 Å². The molecule has 1 amide bonds. The Labute approximate surface area is 205 Å². The number of carbonyl (C=O) groups is 1. The molecule has 33 heavy (non-hydrogen) atoms. The van der Waals surface area contributed by atoms with Gasteiger partial charge in [-0.15, -0.1) is 0 Å². The first-order valence-electron chi connectivity index (χ1n) is 10.5. The van der Waals surface area contributed by atoms with Crippen LogP contribution in [0.4, 0.5) is 5.69 Å². The summed E-state index contributed by atoms with van der Waals surface area (Å²) in [5.74, 6) is -0.171. The largest absolute Gasteiger partial charge is 0.345 e. The Balaban J connectivity index is 1.71. The maximum atomic E-state index is 12.8. The number of halogens is 2. The van der Waals surface area contributed by atoms with Crippen LogP contribution in [0.1, 0.15) is 35.6 Å². The minimum atomic E-state index is -3.61. The molecule has 0 saturated heterocycles. The number of carbonyl (C=O) groups excluding carboxylic acids is 1. The molecule has 174 valence electrons. The van der Waals surface area contributed by atoms with Gasteiger partial charge in [0.05, 0.1) is 23.0 Å². The fourth-order valence-electron chi connectivity index (χ4n) is 3.52. The lowest BCUT2D eigenvalue weighted by Gasteiger charge is -2.24. The van der Waals surface area contributed by atoms with Crippen molar-refractivity contribution in [3.63, 3.8) is 0 Å². The third-order valence-corrected chi connectivity index (χ3v) is 6.93. The van der Waals surface area contributed by atoms with Gasteiger partial charge in [0, 0.05) is 18.0 Å². The number of aryl methyl sites for hydroxylation is 1. The molecule has 0 heterocycles. The summed E-state index contributed by atoms with van der Waals surface area (Å²) in [4.78, 5) is 12.8. The maximum Gasteiger partial charge on any atom is 0.232 e. The highest BCUT2D eigenvalue weighted by atomic mass is 35.5. The molecule has 0 radical (unpaired) electrons. The molecule has 3 rings (SSSR count). The Hall–Kier alpha value is -2.54. The Bertz CT molecular complexity index is 1200. The van der Waals surface area contributed by atoms with Gasteiger partial charge in [0.15, 0.2) is 0 Å². The van der Waals surface area contributed by atoms with Gasteiger partial charge in [0.1, 0.15) is 0 Å². The van der Waals surface area contributed by atoms with Gasteiger partial charge in [-0.25, -0.2) is 8.42 Å². The van der Waals surface area contributed by atoms with E-state index in [9.17, 15) is 13.2 Å². The number of rotatable bonds is 9. The molecule has 0 aliphatic rings. The lowest BCUT2D eigenvalue weighted by atomic mass is 9.97. The summed E-state index contributed by atoms with van der Waals surface area (Å²) < 4.78 is 25.9. The van der Waals surface area contributed by atoms with Crippen LogP contribution in [0, 0.1) is 6.92 Å². The molecule has 0 aliphatic carbocycles. The number of benzene rings is 3. The van der Waals surface area contributed by atoms with E-state index in [2.05, 4.69) is 5.32 Å². The van der Waals surface area contributed by atoms with E-state index in [1.807, 2.05) is 61.5 Å². The van der Waals surface area contributed by atoms with Crippen LogP contribution < -0.4 is 9.62 Å². The molecule has 3 aromatic rings. The summed E-state index contributed by atoms with van der Waals surface area (Å²) in [5.41, 5.74) is 3.38. The van der Waals surface area contributed by atoms with E-state index >= 15 is 0 Å². The van der Waals surface area contributed by atoms with Crippen LogP contribution in [-0.2, 0) is 14.8 Å².